The first kappa shape index (κ1) is 16.1. The molecule has 0 bridgehead atoms. The van der Waals surface area contributed by atoms with E-state index < -0.39 is 9.84 Å². The van der Waals surface area contributed by atoms with E-state index in [2.05, 4.69) is 15.9 Å². The molecule has 0 atom stereocenters. The van der Waals surface area contributed by atoms with Crippen molar-refractivity contribution in [2.45, 2.75) is 4.90 Å². The third kappa shape index (κ3) is 4.12. The quantitative estimate of drug-likeness (QED) is 0.793. The second kappa shape index (κ2) is 6.68. The maximum absolute atomic E-state index is 12.3. The summed E-state index contributed by atoms with van der Waals surface area (Å²) in [6, 6.07) is 11.8. The molecule has 0 spiro atoms. The molecule has 0 aromatic heterocycles. The van der Waals surface area contributed by atoms with Crippen LogP contribution >= 0.6 is 27.5 Å². The molecule has 0 unspecified atom stereocenters. The summed E-state index contributed by atoms with van der Waals surface area (Å²) >= 11 is 9.24. The van der Waals surface area contributed by atoms with Crippen LogP contribution in [0.5, 0.6) is 5.75 Å². The molecular formula is C14H13BrClNO3S. The van der Waals surface area contributed by atoms with Crippen molar-refractivity contribution in [3.05, 3.63) is 52.0 Å². The van der Waals surface area contributed by atoms with Crippen molar-refractivity contribution in [2.24, 2.45) is 0 Å². The fourth-order valence-electron chi connectivity index (χ4n) is 1.78. The number of anilines is 1. The van der Waals surface area contributed by atoms with Gasteiger partial charge in [0.1, 0.15) is 17.3 Å². The van der Waals surface area contributed by atoms with E-state index in [1.165, 1.54) is 12.1 Å². The molecule has 2 N–H and O–H groups in total. The van der Waals surface area contributed by atoms with E-state index in [-0.39, 0.29) is 28.0 Å². The molecule has 2 aromatic carbocycles. The summed E-state index contributed by atoms with van der Waals surface area (Å²) in [7, 11) is -3.60. The highest BCUT2D eigenvalue weighted by molar-refractivity contribution is 9.10. The maximum Gasteiger partial charge on any atom is 0.185 e. The summed E-state index contributed by atoms with van der Waals surface area (Å²) < 4.78 is 30.8. The molecule has 0 fully saturated rings. The molecular weight excluding hydrogens is 378 g/mol. The van der Waals surface area contributed by atoms with E-state index in [1.807, 2.05) is 6.07 Å². The van der Waals surface area contributed by atoms with Gasteiger partial charge in [0.25, 0.3) is 0 Å². The van der Waals surface area contributed by atoms with Crippen molar-refractivity contribution in [3.8, 4) is 5.75 Å². The van der Waals surface area contributed by atoms with Gasteiger partial charge in [-0.25, -0.2) is 8.42 Å². The number of benzene rings is 2. The molecule has 0 aliphatic heterocycles. The zero-order valence-electron chi connectivity index (χ0n) is 10.9. The van der Waals surface area contributed by atoms with Gasteiger partial charge in [0.15, 0.2) is 9.84 Å². The van der Waals surface area contributed by atoms with Crippen LogP contribution in [0, 0.1) is 0 Å². The normalized spacial score (nSPS) is 11.3. The number of rotatable bonds is 5. The van der Waals surface area contributed by atoms with Crippen LogP contribution in [0.15, 0.2) is 51.8 Å². The fourth-order valence-corrected chi connectivity index (χ4v) is 3.99. The topological polar surface area (TPSA) is 69.4 Å². The minimum atomic E-state index is -3.60. The second-order valence-electron chi connectivity index (χ2n) is 4.28. The van der Waals surface area contributed by atoms with Crippen LogP contribution in [0.1, 0.15) is 0 Å². The van der Waals surface area contributed by atoms with Gasteiger partial charge in [-0.1, -0.05) is 39.7 Å². The van der Waals surface area contributed by atoms with Gasteiger partial charge in [0, 0.05) is 4.47 Å². The molecule has 0 aliphatic rings. The third-order valence-corrected chi connectivity index (χ3v) is 5.43. The van der Waals surface area contributed by atoms with Gasteiger partial charge >= 0.3 is 0 Å². The van der Waals surface area contributed by atoms with E-state index in [9.17, 15) is 8.42 Å². The molecule has 0 saturated carbocycles. The summed E-state index contributed by atoms with van der Waals surface area (Å²) in [6.45, 7) is 0.0173. The predicted molar refractivity (Wildman–Crippen MR) is 87.6 cm³/mol. The highest BCUT2D eigenvalue weighted by Crippen LogP contribution is 2.28. The van der Waals surface area contributed by atoms with Crippen molar-refractivity contribution in [3.63, 3.8) is 0 Å². The minimum Gasteiger partial charge on any atom is -0.492 e. The Balaban J connectivity index is 2.09. The van der Waals surface area contributed by atoms with Gasteiger partial charge in [-0.2, -0.15) is 0 Å². The lowest BCUT2D eigenvalue weighted by Gasteiger charge is -2.10. The molecule has 4 nitrogen and oxygen atoms in total. The van der Waals surface area contributed by atoms with Gasteiger partial charge in [-0.3, -0.25) is 0 Å². The Labute approximate surface area is 136 Å². The summed E-state index contributed by atoms with van der Waals surface area (Å²) in [4.78, 5) is -0.0375. The van der Waals surface area contributed by atoms with Crippen molar-refractivity contribution in [1.82, 2.24) is 0 Å². The number of sulfone groups is 1. The molecule has 2 rings (SSSR count). The smallest absolute Gasteiger partial charge is 0.185 e. The van der Waals surface area contributed by atoms with Crippen molar-refractivity contribution >= 4 is 43.1 Å². The number of hydrogen-bond donors (Lipinski definition) is 1. The van der Waals surface area contributed by atoms with Crippen LogP contribution in [0.4, 0.5) is 5.69 Å². The standard InChI is InChI=1S/C14H13BrClNO3S/c15-10-3-1-4-11(9-10)20-7-8-21(18,19)14-12(16)5-2-6-13(14)17/h1-6,9H,7-8,17H2. The molecule has 7 heteroatoms. The van der Waals surface area contributed by atoms with E-state index in [0.29, 0.717) is 5.75 Å². The van der Waals surface area contributed by atoms with E-state index >= 15 is 0 Å². The predicted octanol–water partition coefficient (Wildman–Crippen LogP) is 3.54. The van der Waals surface area contributed by atoms with Crippen LogP contribution in [-0.4, -0.2) is 20.8 Å². The van der Waals surface area contributed by atoms with E-state index in [4.69, 9.17) is 22.1 Å². The molecule has 0 saturated heterocycles. The Morgan fingerprint density at radius 2 is 1.90 bits per heavy atom. The molecule has 21 heavy (non-hydrogen) atoms. The first-order chi connectivity index (χ1) is 9.90. The molecule has 0 radical (unpaired) electrons. The molecule has 0 heterocycles. The molecule has 0 amide bonds. The monoisotopic (exact) mass is 389 g/mol. The van der Waals surface area contributed by atoms with E-state index in [1.54, 1.807) is 24.3 Å². The van der Waals surface area contributed by atoms with Crippen LogP contribution in [0.2, 0.25) is 5.02 Å². The highest BCUT2D eigenvalue weighted by atomic mass is 79.9. The highest BCUT2D eigenvalue weighted by Gasteiger charge is 2.21. The van der Waals surface area contributed by atoms with Crippen molar-refractivity contribution in [1.29, 1.82) is 0 Å². The van der Waals surface area contributed by atoms with Gasteiger partial charge in [0.05, 0.1) is 16.5 Å². The fraction of sp³-hybridized carbons (Fsp3) is 0.143. The Hall–Kier alpha value is -1.24. The molecule has 2 aromatic rings. The van der Waals surface area contributed by atoms with Gasteiger partial charge in [-0.05, 0) is 30.3 Å². The summed E-state index contributed by atoms with van der Waals surface area (Å²) in [5.41, 5.74) is 5.84. The van der Waals surface area contributed by atoms with Gasteiger partial charge in [-0.15, -0.1) is 0 Å². The zero-order chi connectivity index (χ0) is 15.5. The average Bonchev–Trinajstić information content (AvgIpc) is 2.38. The zero-order valence-corrected chi connectivity index (χ0v) is 14.1. The van der Waals surface area contributed by atoms with Crippen LogP contribution in [0.3, 0.4) is 0 Å². The molecule has 0 aliphatic carbocycles. The lowest BCUT2D eigenvalue weighted by Crippen LogP contribution is -2.16. The van der Waals surface area contributed by atoms with Crippen LogP contribution < -0.4 is 10.5 Å². The number of hydrogen-bond acceptors (Lipinski definition) is 4. The van der Waals surface area contributed by atoms with Gasteiger partial charge in [0.2, 0.25) is 0 Å². The number of ether oxygens (including phenoxy) is 1. The summed E-state index contributed by atoms with van der Waals surface area (Å²) in [5, 5.41) is 0.123. The Bertz CT molecular complexity index is 729. The van der Waals surface area contributed by atoms with Crippen molar-refractivity contribution < 1.29 is 13.2 Å². The second-order valence-corrected chi connectivity index (χ2v) is 7.65. The van der Waals surface area contributed by atoms with Crippen LogP contribution in [0.25, 0.3) is 0 Å². The lowest BCUT2D eigenvalue weighted by molar-refractivity contribution is 0.340. The maximum atomic E-state index is 12.3. The number of halogens is 2. The largest absolute Gasteiger partial charge is 0.492 e. The van der Waals surface area contributed by atoms with E-state index in [0.717, 1.165) is 4.47 Å². The van der Waals surface area contributed by atoms with Gasteiger partial charge < -0.3 is 10.5 Å². The Morgan fingerprint density at radius 3 is 2.57 bits per heavy atom. The minimum absolute atomic E-state index is 0.0173. The summed E-state index contributed by atoms with van der Waals surface area (Å²) in [5.74, 6) is 0.389. The Kier molecular flexibility index (Phi) is 5.13. The first-order valence-corrected chi connectivity index (χ1v) is 8.87. The average molecular weight is 391 g/mol. The Morgan fingerprint density at radius 1 is 1.19 bits per heavy atom. The first-order valence-electron chi connectivity index (χ1n) is 6.05. The summed E-state index contributed by atoms with van der Waals surface area (Å²) in [6.07, 6.45) is 0. The lowest BCUT2D eigenvalue weighted by atomic mass is 10.3. The SMILES string of the molecule is Nc1cccc(Cl)c1S(=O)(=O)CCOc1cccc(Br)c1. The number of nitrogens with two attached hydrogens (primary N) is 1. The third-order valence-electron chi connectivity index (χ3n) is 2.73. The number of nitrogen functional groups attached to an aromatic ring is 1. The van der Waals surface area contributed by atoms with Crippen LogP contribution in [-0.2, 0) is 9.84 Å². The van der Waals surface area contributed by atoms with Crippen molar-refractivity contribution in [2.75, 3.05) is 18.1 Å². The molecule has 112 valence electrons.